The average Bonchev–Trinajstić information content (AvgIpc) is 2.77. The van der Waals surface area contributed by atoms with Gasteiger partial charge >= 0.3 is 0 Å². The van der Waals surface area contributed by atoms with Gasteiger partial charge in [-0.2, -0.15) is 0 Å². The van der Waals surface area contributed by atoms with E-state index in [0.717, 1.165) is 11.8 Å². The van der Waals surface area contributed by atoms with Gasteiger partial charge in [0.1, 0.15) is 6.10 Å². The minimum Gasteiger partial charge on any atom is -0.393 e. The van der Waals surface area contributed by atoms with Crippen molar-refractivity contribution in [3.8, 4) is 0 Å². The minimum atomic E-state index is -1.64. The summed E-state index contributed by atoms with van der Waals surface area (Å²) >= 11 is 0.839. The van der Waals surface area contributed by atoms with Gasteiger partial charge in [-0.05, 0) is 12.8 Å². The average molecular weight is 507 g/mol. The highest BCUT2D eigenvalue weighted by Gasteiger charge is 2.51. The maximum Gasteiger partial charge on any atom is 0.285 e. The topological polar surface area (TPSA) is 160 Å². The number of ether oxygens (including phenoxy) is 3. The van der Waals surface area contributed by atoms with E-state index in [9.17, 15) is 29.4 Å². The second-order valence-electron chi connectivity index (χ2n) is 8.90. The van der Waals surface area contributed by atoms with E-state index in [1.807, 2.05) is 0 Å². The highest BCUT2D eigenvalue weighted by atomic mass is 32.2. The maximum atomic E-state index is 12.9. The Bertz CT molecular complexity index is 718. The summed E-state index contributed by atoms with van der Waals surface area (Å²) in [5.74, 6) is -2.67. The SMILES string of the molecule is CCC(O)CC(O)CC1(OC)OCC(C)(C)[C@H](C(=O)NCCC(=O)NCCSC(=O)C(C)=O)O1. The van der Waals surface area contributed by atoms with Gasteiger partial charge in [-0.1, -0.05) is 32.5 Å². The fourth-order valence-corrected chi connectivity index (χ4v) is 3.81. The van der Waals surface area contributed by atoms with Crippen LogP contribution in [0.1, 0.15) is 53.4 Å². The molecule has 2 amide bonds. The lowest BCUT2D eigenvalue weighted by Gasteiger charge is -2.47. The second kappa shape index (κ2) is 14.1. The van der Waals surface area contributed by atoms with E-state index in [1.165, 1.54) is 14.0 Å². The lowest BCUT2D eigenvalue weighted by molar-refractivity contribution is -0.429. The predicted octanol–water partition coefficient (Wildman–Crippen LogP) is 0.112. The molecule has 1 fully saturated rings. The summed E-state index contributed by atoms with van der Waals surface area (Å²) in [7, 11) is 1.35. The summed E-state index contributed by atoms with van der Waals surface area (Å²) in [5, 5.41) is 24.8. The number of methoxy groups -OCH3 is 1. The fraction of sp³-hybridized carbons (Fsp3) is 0.818. The Labute approximate surface area is 204 Å². The molecule has 11 nitrogen and oxygen atoms in total. The van der Waals surface area contributed by atoms with Crippen LogP contribution < -0.4 is 10.6 Å². The van der Waals surface area contributed by atoms with Gasteiger partial charge in [-0.15, -0.1) is 0 Å². The Balaban J connectivity index is 2.56. The summed E-state index contributed by atoms with van der Waals surface area (Å²) in [6.07, 6.45) is -2.09. The second-order valence-corrected chi connectivity index (χ2v) is 9.97. The van der Waals surface area contributed by atoms with Crippen molar-refractivity contribution in [1.29, 1.82) is 0 Å². The number of hydrogen-bond donors (Lipinski definition) is 4. The van der Waals surface area contributed by atoms with Crippen molar-refractivity contribution in [2.45, 2.75) is 77.7 Å². The molecular weight excluding hydrogens is 468 g/mol. The number of ketones is 1. The molecule has 3 unspecified atom stereocenters. The molecule has 34 heavy (non-hydrogen) atoms. The first kappa shape index (κ1) is 30.5. The molecule has 1 heterocycles. The Morgan fingerprint density at radius 3 is 2.41 bits per heavy atom. The predicted molar refractivity (Wildman–Crippen MR) is 125 cm³/mol. The molecule has 1 rings (SSSR count). The van der Waals surface area contributed by atoms with Gasteiger partial charge < -0.3 is 35.1 Å². The molecule has 1 aliphatic rings. The highest BCUT2D eigenvalue weighted by Crippen LogP contribution is 2.38. The van der Waals surface area contributed by atoms with Crippen LogP contribution in [-0.4, -0.2) is 89.8 Å². The first-order chi connectivity index (χ1) is 15.9. The van der Waals surface area contributed by atoms with Crippen molar-refractivity contribution in [3.05, 3.63) is 0 Å². The molecule has 4 atom stereocenters. The highest BCUT2D eigenvalue weighted by molar-refractivity contribution is 8.15. The molecule has 0 spiro atoms. The zero-order chi connectivity index (χ0) is 25.9. The fourth-order valence-electron chi connectivity index (χ4n) is 3.22. The first-order valence-corrected chi connectivity index (χ1v) is 12.3. The van der Waals surface area contributed by atoms with E-state index in [-0.39, 0.29) is 50.6 Å². The van der Waals surface area contributed by atoms with E-state index in [0.29, 0.717) is 6.42 Å². The van der Waals surface area contributed by atoms with Crippen LogP contribution in [0.3, 0.4) is 0 Å². The third-order valence-corrected chi connectivity index (χ3v) is 6.28. The van der Waals surface area contributed by atoms with Gasteiger partial charge in [0.15, 0.2) is 0 Å². The molecule has 12 heteroatoms. The van der Waals surface area contributed by atoms with Gasteiger partial charge in [0.05, 0.1) is 25.2 Å². The van der Waals surface area contributed by atoms with Crippen LogP contribution in [0.2, 0.25) is 0 Å². The molecule has 0 radical (unpaired) electrons. The number of amides is 2. The van der Waals surface area contributed by atoms with Gasteiger partial charge in [-0.25, -0.2) is 0 Å². The minimum absolute atomic E-state index is 0.0176. The molecule has 0 aromatic carbocycles. The van der Waals surface area contributed by atoms with Gasteiger partial charge in [-0.3, -0.25) is 19.2 Å². The number of aliphatic hydroxyl groups is 2. The molecule has 0 aromatic heterocycles. The molecule has 1 saturated heterocycles. The van der Waals surface area contributed by atoms with Crippen molar-refractivity contribution in [2.75, 3.05) is 32.6 Å². The Morgan fingerprint density at radius 1 is 1.15 bits per heavy atom. The standard InChI is InChI=1S/C22H38N2O9S/c1-6-15(26)11-16(27)12-22(31-5)32-13-21(3,4)18(33-22)19(29)24-8-7-17(28)23-9-10-34-20(30)14(2)25/h15-16,18,26-27H,6-13H2,1-5H3,(H,23,28)(H,24,29)/t15?,16?,18-,22?/m0/s1. The normalized spacial score (nSPS) is 23.6. The van der Waals surface area contributed by atoms with Crippen LogP contribution in [0, 0.1) is 5.41 Å². The van der Waals surface area contributed by atoms with Crippen LogP contribution in [0.4, 0.5) is 0 Å². The van der Waals surface area contributed by atoms with Crippen LogP contribution in [0.25, 0.3) is 0 Å². The van der Waals surface area contributed by atoms with Gasteiger partial charge in [0.25, 0.3) is 11.1 Å². The summed E-state index contributed by atoms with van der Waals surface area (Å²) in [6.45, 7) is 6.98. The lowest BCUT2D eigenvalue weighted by Crippen LogP contribution is -2.60. The molecule has 0 bridgehead atoms. The van der Waals surface area contributed by atoms with E-state index in [2.05, 4.69) is 10.6 Å². The van der Waals surface area contributed by atoms with Crippen LogP contribution in [0.15, 0.2) is 0 Å². The van der Waals surface area contributed by atoms with Crippen molar-refractivity contribution < 1.29 is 43.6 Å². The van der Waals surface area contributed by atoms with Crippen LogP contribution >= 0.6 is 11.8 Å². The van der Waals surface area contributed by atoms with E-state index < -0.39 is 46.5 Å². The quantitative estimate of drug-likeness (QED) is 0.188. The summed E-state index contributed by atoms with van der Waals surface area (Å²) < 4.78 is 17.0. The summed E-state index contributed by atoms with van der Waals surface area (Å²) in [5.41, 5.74) is -0.706. The van der Waals surface area contributed by atoms with Gasteiger partial charge in [0.2, 0.25) is 17.6 Å². The number of rotatable bonds is 14. The largest absolute Gasteiger partial charge is 0.393 e. The third-order valence-electron chi connectivity index (χ3n) is 5.32. The lowest BCUT2D eigenvalue weighted by atomic mass is 9.85. The van der Waals surface area contributed by atoms with Crippen LogP contribution in [-0.2, 0) is 33.4 Å². The number of aliphatic hydroxyl groups excluding tert-OH is 2. The number of thioether (sulfide) groups is 1. The van der Waals surface area contributed by atoms with Crippen LogP contribution in [0.5, 0.6) is 0 Å². The molecule has 1 aliphatic heterocycles. The molecule has 0 aliphatic carbocycles. The summed E-state index contributed by atoms with van der Waals surface area (Å²) in [6, 6.07) is 0. The molecule has 0 aromatic rings. The number of hydrogen-bond acceptors (Lipinski definition) is 10. The number of carbonyl (C=O) groups excluding carboxylic acids is 4. The molecule has 4 N–H and O–H groups in total. The number of carbonyl (C=O) groups is 4. The van der Waals surface area contributed by atoms with Crippen molar-refractivity contribution >= 4 is 34.5 Å². The number of Topliss-reactive ketones (excluding diaryl/α,β-unsaturated/α-hetero) is 1. The Kier molecular flexibility index (Phi) is 12.6. The Morgan fingerprint density at radius 2 is 1.82 bits per heavy atom. The third kappa shape index (κ3) is 9.96. The van der Waals surface area contributed by atoms with Crippen molar-refractivity contribution in [1.82, 2.24) is 10.6 Å². The first-order valence-electron chi connectivity index (χ1n) is 11.3. The zero-order valence-electron chi connectivity index (χ0n) is 20.5. The van der Waals surface area contributed by atoms with E-state index >= 15 is 0 Å². The monoisotopic (exact) mass is 506 g/mol. The van der Waals surface area contributed by atoms with E-state index in [4.69, 9.17) is 14.2 Å². The van der Waals surface area contributed by atoms with Crippen molar-refractivity contribution in [3.63, 3.8) is 0 Å². The number of nitrogens with one attached hydrogen (secondary N) is 2. The summed E-state index contributed by atoms with van der Waals surface area (Å²) in [4.78, 5) is 46.9. The van der Waals surface area contributed by atoms with E-state index in [1.54, 1.807) is 20.8 Å². The molecule has 0 saturated carbocycles. The molecule has 196 valence electrons. The van der Waals surface area contributed by atoms with Gasteiger partial charge in [0, 0.05) is 44.7 Å². The molecular formula is C22H38N2O9S. The Hall–Kier alpha value is -1.57. The van der Waals surface area contributed by atoms with Crippen molar-refractivity contribution in [2.24, 2.45) is 5.41 Å². The zero-order valence-corrected chi connectivity index (χ0v) is 21.4. The smallest absolute Gasteiger partial charge is 0.285 e. The maximum absolute atomic E-state index is 12.9.